The number of pyridine rings is 1. The molecule has 1 fully saturated rings. The zero-order valence-corrected chi connectivity index (χ0v) is 14.6. The first-order chi connectivity index (χ1) is 11.4. The molecule has 2 aromatic heterocycles. The highest BCUT2D eigenvalue weighted by Gasteiger charge is 2.37. The number of hydrogen-bond acceptors (Lipinski definition) is 6. The standard InChI is InChI=1S/C15H20N4O4S/c1-10-14(18-24(20,21)13-6-8-22-11(13)2)15(19(3)17-10)23-12-5-4-7-16-9-12/h4-5,7,9,11,13,18H,6,8H2,1-3H3. The summed E-state index contributed by atoms with van der Waals surface area (Å²) in [7, 11) is -1.92. The van der Waals surface area contributed by atoms with Crippen molar-refractivity contribution in [1.82, 2.24) is 14.8 Å². The Labute approximate surface area is 140 Å². The summed E-state index contributed by atoms with van der Waals surface area (Å²) in [6.07, 6.45) is 3.30. The fraction of sp³-hybridized carbons (Fsp3) is 0.467. The second-order valence-electron chi connectivity index (χ2n) is 5.73. The quantitative estimate of drug-likeness (QED) is 0.882. The summed E-state index contributed by atoms with van der Waals surface area (Å²) >= 11 is 0. The Morgan fingerprint density at radius 1 is 1.46 bits per heavy atom. The molecular weight excluding hydrogens is 332 g/mol. The van der Waals surface area contributed by atoms with Crippen molar-refractivity contribution in [3.63, 3.8) is 0 Å². The van der Waals surface area contributed by atoms with Gasteiger partial charge in [-0.2, -0.15) is 5.10 Å². The molecule has 3 heterocycles. The van der Waals surface area contributed by atoms with Crippen LogP contribution in [0.25, 0.3) is 0 Å². The van der Waals surface area contributed by atoms with E-state index in [0.29, 0.717) is 36.0 Å². The molecule has 1 aliphatic rings. The third kappa shape index (κ3) is 3.22. The van der Waals surface area contributed by atoms with E-state index in [1.165, 1.54) is 4.68 Å². The SMILES string of the molecule is Cc1nn(C)c(Oc2cccnc2)c1NS(=O)(=O)C1CCOC1C. The van der Waals surface area contributed by atoms with E-state index in [2.05, 4.69) is 14.8 Å². The number of sulfonamides is 1. The van der Waals surface area contributed by atoms with Crippen LogP contribution < -0.4 is 9.46 Å². The summed E-state index contributed by atoms with van der Waals surface area (Å²) in [6.45, 7) is 3.93. The molecule has 0 saturated carbocycles. The van der Waals surface area contributed by atoms with Gasteiger partial charge in [0.2, 0.25) is 15.9 Å². The van der Waals surface area contributed by atoms with Crippen molar-refractivity contribution in [1.29, 1.82) is 0 Å². The Kier molecular flexibility index (Phi) is 4.46. The Bertz CT molecular complexity index is 819. The normalized spacial score (nSPS) is 21.0. The van der Waals surface area contributed by atoms with E-state index in [9.17, 15) is 8.42 Å². The van der Waals surface area contributed by atoms with Crippen molar-refractivity contribution in [3.05, 3.63) is 30.2 Å². The first-order valence-electron chi connectivity index (χ1n) is 7.63. The van der Waals surface area contributed by atoms with Crippen molar-refractivity contribution >= 4 is 15.7 Å². The van der Waals surface area contributed by atoms with Crippen LogP contribution in [0.2, 0.25) is 0 Å². The second kappa shape index (κ2) is 6.40. The monoisotopic (exact) mass is 352 g/mol. The van der Waals surface area contributed by atoms with Gasteiger partial charge in [0.15, 0.2) is 0 Å². The first kappa shape index (κ1) is 16.7. The van der Waals surface area contributed by atoms with Crippen molar-refractivity contribution in [2.75, 3.05) is 11.3 Å². The van der Waals surface area contributed by atoms with Crippen LogP contribution >= 0.6 is 0 Å². The minimum absolute atomic E-state index is 0.315. The van der Waals surface area contributed by atoms with E-state index in [0.717, 1.165) is 0 Å². The van der Waals surface area contributed by atoms with Gasteiger partial charge in [-0.1, -0.05) is 0 Å². The van der Waals surface area contributed by atoms with Crippen molar-refractivity contribution < 1.29 is 17.9 Å². The van der Waals surface area contributed by atoms with E-state index >= 15 is 0 Å². The highest BCUT2D eigenvalue weighted by molar-refractivity contribution is 7.93. The topological polar surface area (TPSA) is 95.3 Å². The maximum Gasteiger partial charge on any atom is 0.242 e. The van der Waals surface area contributed by atoms with Crippen LogP contribution in [0.3, 0.4) is 0 Å². The van der Waals surface area contributed by atoms with E-state index in [1.54, 1.807) is 45.4 Å². The molecule has 2 atom stereocenters. The Morgan fingerprint density at radius 3 is 2.88 bits per heavy atom. The molecule has 0 aliphatic carbocycles. The van der Waals surface area contributed by atoms with Crippen LogP contribution in [-0.4, -0.2) is 41.1 Å². The average molecular weight is 352 g/mol. The predicted molar refractivity (Wildman–Crippen MR) is 88.6 cm³/mol. The van der Waals surface area contributed by atoms with Crippen LogP contribution in [0.15, 0.2) is 24.5 Å². The van der Waals surface area contributed by atoms with Gasteiger partial charge in [0, 0.05) is 19.9 Å². The smallest absolute Gasteiger partial charge is 0.242 e. The summed E-state index contributed by atoms with van der Waals surface area (Å²) in [4.78, 5) is 3.98. The number of hydrogen-bond donors (Lipinski definition) is 1. The molecule has 0 aromatic carbocycles. The van der Waals surface area contributed by atoms with Gasteiger partial charge < -0.3 is 9.47 Å². The molecule has 3 rings (SSSR count). The molecule has 24 heavy (non-hydrogen) atoms. The molecule has 2 unspecified atom stereocenters. The van der Waals surface area contributed by atoms with Gasteiger partial charge in [-0.3, -0.25) is 9.71 Å². The highest BCUT2D eigenvalue weighted by atomic mass is 32.2. The van der Waals surface area contributed by atoms with E-state index in [-0.39, 0.29) is 6.10 Å². The van der Waals surface area contributed by atoms with Crippen molar-refractivity contribution in [2.45, 2.75) is 31.6 Å². The van der Waals surface area contributed by atoms with Crippen LogP contribution in [0.5, 0.6) is 11.6 Å². The minimum atomic E-state index is -3.61. The van der Waals surface area contributed by atoms with Gasteiger partial charge in [-0.15, -0.1) is 0 Å². The Balaban J connectivity index is 1.91. The van der Waals surface area contributed by atoms with Gasteiger partial charge in [0.1, 0.15) is 16.7 Å². The summed E-state index contributed by atoms with van der Waals surface area (Å²) in [5, 5.41) is 3.66. The van der Waals surface area contributed by atoms with Gasteiger partial charge in [0.25, 0.3) is 0 Å². The Morgan fingerprint density at radius 2 is 2.25 bits per heavy atom. The molecule has 1 aliphatic heterocycles. The largest absolute Gasteiger partial charge is 0.436 e. The molecule has 1 N–H and O–H groups in total. The maximum absolute atomic E-state index is 12.7. The van der Waals surface area contributed by atoms with E-state index in [1.807, 2.05) is 0 Å². The maximum atomic E-state index is 12.7. The van der Waals surface area contributed by atoms with Crippen LogP contribution in [-0.2, 0) is 21.8 Å². The molecule has 130 valence electrons. The average Bonchev–Trinajstić information content (AvgIpc) is 3.07. The number of nitrogens with one attached hydrogen (secondary N) is 1. The van der Waals surface area contributed by atoms with Crippen LogP contribution in [0.4, 0.5) is 5.69 Å². The molecule has 0 radical (unpaired) electrons. The lowest BCUT2D eigenvalue weighted by molar-refractivity contribution is 0.126. The molecule has 0 amide bonds. The number of aromatic nitrogens is 3. The number of anilines is 1. The number of aryl methyl sites for hydroxylation is 2. The molecule has 0 bridgehead atoms. The summed E-state index contributed by atoms with van der Waals surface area (Å²) < 4.78 is 40.6. The van der Waals surface area contributed by atoms with Crippen LogP contribution in [0.1, 0.15) is 19.0 Å². The molecule has 9 heteroatoms. The van der Waals surface area contributed by atoms with E-state index < -0.39 is 15.3 Å². The lowest BCUT2D eigenvalue weighted by Gasteiger charge is -2.17. The van der Waals surface area contributed by atoms with Gasteiger partial charge in [-0.05, 0) is 32.4 Å². The molecular formula is C15H20N4O4S. The third-order valence-corrected chi connectivity index (χ3v) is 5.87. The summed E-state index contributed by atoms with van der Waals surface area (Å²) in [6, 6.07) is 3.47. The minimum Gasteiger partial charge on any atom is -0.436 e. The Hall–Kier alpha value is -2.13. The zero-order valence-electron chi connectivity index (χ0n) is 13.8. The van der Waals surface area contributed by atoms with E-state index in [4.69, 9.17) is 9.47 Å². The van der Waals surface area contributed by atoms with Gasteiger partial charge in [-0.25, -0.2) is 13.1 Å². The first-order valence-corrected chi connectivity index (χ1v) is 9.18. The lowest BCUT2D eigenvalue weighted by atomic mass is 10.3. The molecule has 8 nitrogen and oxygen atoms in total. The number of rotatable bonds is 5. The van der Waals surface area contributed by atoms with Crippen LogP contribution in [0, 0.1) is 6.92 Å². The predicted octanol–water partition coefficient (Wildman–Crippen LogP) is 1.83. The molecule has 0 spiro atoms. The molecule has 1 saturated heterocycles. The van der Waals surface area contributed by atoms with Gasteiger partial charge in [0.05, 0.1) is 18.0 Å². The fourth-order valence-electron chi connectivity index (χ4n) is 2.73. The number of nitrogens with zero attached hydrogens (tertiary/aromatic N) is 3. The fourth-order valence-corrected chi connectivity index (χ4v) is 4.39. The van der Waals surface area contributed by atoms with Crippen molar-refractivity contribution in [3.8, 4) is 11.6 Å². The highest BCUT2D eigenvalue weighted by Crippen LogP contribution is 2.34. The summed E-state index contributed by atoms with van der Waals surface area (Å²) in [5.74, 6) is 0.814. The third-order valence-electron chi connectivity index (χ3n) is 3.97. The number of ether oxygens (including phenoxy) is 2. The zero-order chi connectivity index (χ0) is 17.3. The lowest BCUT2D eigenvalue weighted by Crippen LogP contribution is -2.33. The second-order valence-corrected chi connectivity index (χ2v) is 7.63. The van der Waals surface area contributed by atoms with Crippen molar-refractivity contribution in [2.24, 2.45) is 7.05 Å². The van der Waals surface area contributed by atoms with Gasteiger partial charge >= 0.3 is 0 Å². The summed E-state index contributed by atoms with van der Waals surface area (Å²) in [5.41, 5.74) is 0.868. The molecule has 2 aromatic rings.